The normalized spacial score (nSPS) is 23.9. The Balaban J connectivity index is 2.16. The van der Waals surface area contributed by atoms with Crippen LogP contribution < -0.4 is 0 Å². The molecule has 1 atom stereocenters. The molecular formula is C11H22OSi. The molecule has 0 aromatic carbocycles. The lowest BCUT2D eigenvalue weighted by Gasteiger charge is -2.16. The molecule has 1 fully saturated rings. The molecule has 0 spiro atoms. The number of carbonyl (C=O) groups is 1. The van der Waals surface area contributed by atoms with Gasteiger partial charge in [0.2, 0.25) is 0 Å². The predicted octanol–water partition coefficient (Wildman–Crippen LogP) is 3.47. The maximum Gasteiger partial charge on any atom is 0.135 e. The van der Waals surface area contributed by atoms with Crippen LogP contribution in [0.15, 0.2) is 0 Å². The van der Waals surface area contributed by atoms with Gasteiger partial charge in [-0.2, -0.15) is 0 Å². The zero-order valence-electron chi connectivity index (χ0n) is 9.23. The Morgan fingerprint density at radius 3 is 2.54 bits per heavy atom. The maximum absolute atomic E-state index is 11.3. The van der Waals surface area contributed by atoms with Gasteiger partial charge in [0.05, 0.1) is 0 Å². The van der Waals surface area contributed by atoms with Crippen LogP contribution in [0.1, 0.15) is 32.1 Å². The summed E-state index contributed by atoms with van der Waals surface area (Å²) in [5.74, 6) is 0.979. The zero-order valence-corrected chi connectivity index (χ0v) is 10.2. The summed E-state index contributed by atoms with van der Waals surface area (Å²) in [6.45, 7) is 7.22. The quantitative estimate of drug-likeness (QED) is 0.632. The van der Waals surface area contributed by atoms with Gasteiger partial charge < -0.3 is 0 Å². The second-order valence-corrected chi connectivity index (χ2v) is 11.1. The Morgan fingerprint density at radius 2 is 2.08 bits per heavy atom. The van der Waals surface area contributed by atoms with Crippen molar-refractivity contribution in [3.63, 3.8) is 0 Å². The fourth-order valence-corrected chi connectivity index (χ4v) is 3.34. The third-order valence-corrected chi connectivity index (χ3v) is 4.76. The van der Waals surface area contributed by atoms with Crippen molar-refractivity contribution < 1.29 is 4.79 Å². The Morgan fingerprint density at radius 1 is 1.38 bits per heavy atom. The van der Waals surface area contributed by atoms with E-state index in [1.54, 1.807) is 0 Å². The van der Waals surface area contributed by atoms with E-state index in [1.807, 2.05) is 0 Å². The molecule has 0 aromatic heterocycles. The van der Waals surface area contributed by atoms with Crippen LogP contribution in [0.25, 0.3) is 0 Å². The van der Waals surface area contributed by atoms with Crippen LogP contribution in [-0.2, 0) is 4.79 Å². The Labute approximate surface area is 82.9 Å². The van der Waals surface area contributed by atoms with Crippen molar-refractivity contribution in [2.24, 2.45) is 5.92 Å². The first-order valence-corrected chi connectivity index (χ1v) is 9.22. The van der Waals surface area contributed by atoms with Crippen LogP contribution in [0.2, 0.25) is 25.7 Å². The smallest absolute Gasteiger partial charge is 0.135 e. The molecular weight excluding hydrogens is 176 g/mol. The van der Waals surface area contributed by atoms with Gasteiger partial charge in [0.15, 0.2) is 0 Å². The van der Waals surface area contributed by atoms with E-state index in [9.17, 15) is 4.79 Å². The SMILES string of the molecule is C[Si](C)(C)CCCC1CCCC1=O. The average Bonchev–Trinajstić information content (AvgIpc) is 2.34. The van der Waals surface area contributed by atoms with Crippen LogP contribution in [0.5, 0.6) is 0 Å². The van der Waals surface area contributed by atoms with Gasteiger partial charge in [-0.25, -0.2) is 0 Å². The van der Waals surface area contributed by atoms with Crippen molar-refractivity contribution in [1.82, 2.24) is 0 Å². The molecule has 1 unspecified atom stereocenters. The first kappa shape index (κ1) is 11.0. The number of rotatable bonds is 4. The second-order valence-electron chi connectivity index (χ2n) is 5.51. The fourth-order valence-electron chi connectivity index (χ4n) is 2.07. The van der Waals surface area contributed by atoms with Crippen LogP contribution in [0, 0.1) is 5.92 Å². The monoisotopic (exact) mass is 198 g/mol. The lowest BCUT2D eigenvalue weighted by molar-refractivity contribution is -0.120. The molecule has 0 radical (unpaired) electrons. The van der Waals surface area contributed by atoms with Gasteiger partial charge in [-0.3, -0.25) is 4.79 Å². The Bertz CT molecular complexity index is 181. The highest BCUT2D eigenvalue weighted by atomic mass is 28.3. The van der Waals surface area contributed by atoms with Crippen molar-refractivity contribution in [3.8, 4) is 0 Å². The van der Waals surface area contributed by atoms with Gasteiger partial charge in [-0.15, -0.1) is 0 Å². The molecule has 2 heteroatoms. The molecule has 0 N–H and O–H groups in total. The van der Waals surface area contributed by atoms with Crippen LogP contribution >= 0.6 is 0 Å². The molecule has 0 heterocycles. The molecule has 1 rings (SSSR count). The summed E-state index contributed by atoms with van der Waals surface area (Å²) >= 11 is 0. The van der Waals surface area contributed by atoms with E-state index >= 15 is 0 Å². The summed E-state index contributed by atoms with van der Waals surface area (Å²) in [6, 6.07) is 1.39. The largest absolute Gasteiger partial charge is 0.299 e. The van der Waals surface area contributed by atoms with E-state index in [-0.39, 0.29) is 0 Å². The van der Waals surface area contributed by atoms with E-state index in [0.29, 0.717) is 11.7 Å². The summed E-state index contributed by atoms with van der Waals surface area (Å²) in [7, 11) is -0.862. The van der Waals surface area contributed by atoms with Crippen LogP contribution in [-0.4, -0.2) is 13.9 Å². The predicted molar refractivity (Wildman–Crippen MR) is 59.7 cm³/mol. The number of hydrogen-bond acceptors (Lipinski definition) is 1. The molecule has 0 aromatic rings. The topological polar surface area (TPSA) is 17.1 Å². The number of carbonyl (C=O) groups excluding carboxylic acids is 1. The lowest BCUT2D eigenvalue weighted by atomic mass is 10.0. The van der Waals surface area contributed by atoms with Crippen molar-refractivity contribution in [2.45, 2.75) is 57.8 Å². The van der Waals surface area contributed by atoms with E-state index in [0.717, 1.165) is 12.8 Å². The minimum atomic E-state index is -0.862. The lowest BCUT2D eigenvalue weighted by Crippen LogP contribution is -2.19. The maximum atomic E-state index is 11.3. The molecule has 0 saturated heterocycles. The molecule has 0 bridgehead atoms. The first-order valence-electron chi connectivity index (χ1n) is 5.52. The fraction of sp³-hybridized carbons (Fsp3) is 0.909. The van der Waals surface area contributed by atoms with Gasteiger partial charge in [-0.1, -0.05) is 32.1 Å². The van der Waals surface area contributed by atoms with Gasteiger partial charge in [-0.05, 0) is 19.3 Å². The molecule has 1 saturated carbocycles. The van der Waals surface area contributed by atoms with Crippen molar-refractivity contribution in [3.05, 3.63) is 0 Å². The van der Waals surface area contributed by atoms with E-state index in [2.05, 4.69) is 19.6 Å². The summed E-state index contributed by atoms with van der Waals surface area (Å²) < 4.78 is 0. The third kappa shape index (κ3) is 4.07. The molecule has 0 aliphatic heterocycles. The summed E-state index contributed by atoms with van der Waals surface area (Å²) in [6.07, 6.45) is 5.63. The van der Waals surface area contributed by atoms with Crippen molar-refractivity contribution in [2.75, 3.05) is 0 Å². The highest BCUT2D eigenvalue weighted by molar-refractivity contribution is 6.76. The highest BCUT2D eigenvalue weighted by Gasteiger charge is 2.24. The van der Waals surface area contributed by atoms with E-state index < -0.39 is 8.07 Å². The standard InChI is InChI=1S/C11H22OSi/c1-13(2,3)9-5-7-10-6-4-8-11(10)12/h10H,4-9H2,1-3H3. The van der Waals surface area contributed by atoms with Gasteiger partial charge in [0, 0.05) is 20.4 Å². The Hall–Kier alpha value is -0.113. The number of ketones is 1. The summed E-state index contributed by atoms with van der Waals surface area (Å²) in [5.41, 5.74) is 0. The molecule has 13 heavy (non-hydrogen) atoms. The van der Waals surface area contributed by atoms with Crippen molar-refractivity contribution in [1.29, 1.82) is 0 Å². The van der Waals surface area contributed by atoms with Gasteiger partial charge in [0.25, 0.3) is 0 Å². The minimum Gasteiger partial charge on any atom is -0.299 e. The second kappa shape index (κ2) is 4.40. The Kier molecular flexibility index (Phi) is 3.71. The zero-order chi connectivity index (χ0) is 9.90. The van der Waals surface area contributed by atoms with Gasteiger partial charge >= 0.3 is 0 Å². The van der Waals surface area contributed by atoms with Crippen molar-refractivity contribution >= 4 is 13.9 Å². The van der Waals surface area contributed by atoms with E-state index in [1.165, 1.54) is 25.3 Å². The molecule has 76 valence electrons. The molecule has 1 aliphatic carbocycles. The van der Waals surface area contributed by atoms with Gasteiger partial charge in [0.1, 0.15) is 5.78 Å². The minimum absolute atomic E-state index is 0.441. The number of hydrogen-bond donors (Lipinski definition) is 0. The molecule has 0 amide bonds. The van der Waals surface area contributed by atoms with E-state index in [4.69, 9.17) is 0 Å². The molecule has 1 nitrogen and oxygen atoms in total. The first-order chi connectivity index (χ1) is 5.99. The summed E-state index contributed by atoms with van der Waals surface area (Å²) in [4.78, 5) is 11.3. The molecule has 1 aliphatic rings. The summed E-state index contributed by atoms with van der Waals surface area (Å²) in [5, 5.41) is 0. The third-order valence-electron chi connectivity index (χ3n) is 2.91. The number of Topliss-reactive ketones (excluding diaryl/α,β-unsaturated/α-hetero) is 1. The van der Waals surface area contributed by atoms with Crippen LogP contribution in [0.3, 0.4) is 0 Å². The van der Waals surface area contributed by atoms with Crippen LogP contribution in [0.4, 0.5) is 0 Å². The highest BCUT2D eigenvalue weighted by Crippen LogP contribution is 2.27. The average molecular weight is 198 g/mol.